The first-order chi connectivity index (χ1) is 22.7. The molecule has 0 aliphatic heterocycles. The minimum Gasteiger partial charge on any atom is -0.383 e. The highest BCUT2D eigenvalue weighted by molar-refractivity contribution is 6.00. The third kappa shape index (κ3) is 6.32. The monoisotopic (exact) mass is 627 g/mol. The van der Waals surface area contributed by atoms with Gasteiger partial charge in [0.1, 0.15) is 17.2 Å². The number of nitrogens with one attached hydrogen (secondary N) is 1. The molecule has 0 bridgehead atoms. The Morgan fingerprint density at radius 2 is 1.72 bits per heavy atom. The summed E-state index contributed by atoms with van der Waals surface area (Å²) in [6.45, 7) is 1.18. The van der Waals surface area contributed by atoms with Crippen LogP contribution in [-0.4, -0.2) is 37.6 Å². The summed E-state index contributed by atoms with van der Waals surface area (Å²) >= 11 is 0. The van der Waals surface area contributed by atoms with Gasteiger partial charge in [0.05, 0.1) is 16.9 Å². The van der Waals surface area contributed by atoms with Crippen LogP contribution in [0.1, 0.15) is 45.2 Å². The van der Waals surface area contributed by atoms with Crippen LogP contribution < -0.4 is 16.8 Å². The number of amides is 2. The summed E-state index contributed by atoms with van der Waals surface area (Å²) in [6.07, 6.45) is 5.51. The molecule has 1 aliphatic rings. The molecule has 2 amide bonds. The molecular weight excluding hydrogens is 597 g/mol. The van der Waals surface area contributed by atoms with Gasteiger partial charge in [-0.25, -0.2) is 19.3 Å². The summed E-state index contributed by atoms with van der Waals surface area (Å²) in [5.74, 6) is -1.03. The van der Waals surface area contributed by atoms with Crippen molar-refractivity contribution in [1.82, 2.24) is 19.5 Å². The Balaban J connectivity index is 0.000000205. The molecule has 0 saturated heterocycles. The molecule has 234 valence electrons. The van der Waals surface area contributed by atoms with E-state index in [1.54, 1.807) is 6.20 Å². The topological polar surface area (TPSA) is 159 Å². The van der Waals surface area contributed by atoms with Gasteiger partial charge in [-0.1, -0.05) is 36.4 Å². The number of aromatic nitrogens is 4. The van der Waals surface area contributed by atoms with Crippen molar-refractivity contribution in [2.24, 2.45) is 5.73 Å². The lowest BCUT2D eigenvalue weighted by Gasteiger charge is -2.12. The van der Waals surface area contributed by atoms with Crippen LogP contribution in [0.4, 0.5) is 15.9 Å². The Kier molecular flexibility index (Phi) is 8.52. The second-order valence-corrected chi connectivity index (χ2v) is 11.0. The Morgan fingerprint density at radius 1 is 0.936 bits per heavy atom. The molecule has 11 heteroatoms. The van der Waals surface area contributed by atoms with Crippen LogP contribution >= 0.6 is 0 Å². The van der Waals surface area contributed by atoms with Gasteiger partial charge in [0.2, 0.25) is 11.8 Å². The first-order valence-electron chi connectivity index (χ1n) is 14.9. The van der Waals surface area contributed by atoms with Gasteiger partial charge in [-0.2, -0.15) is 0 Å². The van der Waals surface area contributed by atoms with Gasteiger partial charge < -0.3 is 16.8 Å². The number of nitrogens with two attached hydrogens (primary N) is 2. The number of primary amides is 1. The fraction of sp³-hybridized carbons (Fsp3) is 0.111. The smallest absolute Gasteiger partial charge is 0.248 e. The summed E-state index contributed by atoms with van der Waals surface area (Å²) in [7, 11) is 0. The van der Waals surface area contributed by atoms with Crippen molar-refractivity contribution in [2.45, 2.75) is 26.2 Å². The zero-order valence-electron chi connectivity index (χ0n) is 25.4. The van der Waals surface area contributed by atoms with Gasteiger partial charge in [-0.3, -0.25) is 19.0 Å². The van der Waals surface area contributed by atoms with Crippen molar-refractivity contribution in [2.75, 3.05) is 11.1 Å². The molecule has 0 spiro atoms. The normalized spacial score (nSPS) is 11.8. The Morgan fingerprint density at radius 3 is 2.45 bits per heavy atom. The highest BCUT2D eigenvalue weighted by Crippen LogP contribution is 2.33. The maximum absolute atomic E-state index is 13.4. The van der Waals surface area contributed by atoms with Crippen LogP contribution in [-0.2, 0) is 17.6 Å². The van der Waals surface area contributed by atoms with Crippen LogP contribution in [0, 0.1) is 5.82 Å². The minimum absolute atomic E-state index is 0.131. The number of nitrogen functional groups attached to an aromatic ring is 1. The standard InChI is InChI=1S/C26H21N5.C10H9FN2O3/c27-24-21(10-5-15-28-24)25-30-23-14-13-22(18-6-2-1-3-7-18)29-26(23)31(25)20-12-11-17-8-4-9-19(17)16-20;1-5(15)13-9-7(4-14)2-6(10(12)16)3-8(9)11/h1-3,5-7,10-16H,4,8-9H2,(H2,27,28);2-4H,1H3,(H2,12,16)(H,13,15). The number of anilines is 2. The second kappa shape index (κ2) is 13.0. The molecule has 47 heavy (non-hydrogen) atoms. The van der Waals surface area contributed by atoms with Crippen LogP contribution in [0.5, 0.6) is 0 Å². The molecule has 0 atom stereocenters. The number of hydrogen-bond acceptors (Lipinski definition) is 7. The Labute approximate surface area is 269 Å². The molecule has 5 N–H and O–H groups in total. The van der Waals surface area contributed by atoms with E-state index in [2.05, 4.69) is 45.2 Å². The van der Waals surface area contributed by atoms with Crippen molar-refractivity contribution in [3.63, 3.8) is 0 Å². The van der Waals surface area contributed by atoms with Gasteiger partial charge in [-0.15, -0.1) is 0 Å². The van der Waals surface area contributed by atoms with E-state index in [4.69, 9.17) is 21.4 Å². The molecule has 0 saturated carbocycles. The Hall–Kier alpha value is -6.23. The number of imidazole rings is 1. The van der Waals surface area contributed by atoms with Crippen LogP contribution in [0.3, 0.4) is 0 Å². The van der Waals surface area contributed by atoms with Crippen LogP contribution in [0.15, 0.2) is 91.1 Å². The lowest BCUT2D eigenvalue weighted by Crippen LogP contribution is -2.15. The number of benzene rings is 3. The average molecular weight is 628 g/mol. The van der Waals surface area contributed by atoms with E-state index in [1.165, 1.54) is 24.5 Å². The van der Waals surface area contributed by atoms with Gasteiger partial charge >= 0.3 is 0 Å². The summed E-state index contributed by atoms with van der Waals surface area (Å²) < 4.78 is 15.6. The molecule has 3 aromatic heterocycles. The fourth-order valence-corrected chi connectivity index (χ4v) is 5.63. The van der Waals surface area contributed by atoms with Crippen LogP contribution in [0.25, 0.3) is 39.5 Å². The van der Waals surface area contributed by atoms with Crippen molar-refractivity contribution in [3.05, 3.63) is 119 Å². The Bertz CT molecular complexity index is 2160. The lowest BCUT2D eigenvalue weighted by atomic mass is 10.1. The summed E-state index contributed by atoms with van der Waals surface area (Å²) in [5, 5.41) is 2.16. The number of aldehydes is 1. The third-order valence-electron chi connectivity index (χ3n) is 7.83. The van der Waals surface area contributed by atoms with Crippen molar-refractivity contribution in [3.8, 4) is 28.3 Å². The van der Waals surface area contributed by atoms with Crippen molar-refractivity contribution >= 4 is 40.8 Å². The number of hydrogen-bond donors (Lipinski definition) is 3. The molecule has 3 aromatic carbocycles. The summed E-state index contributed by atoms with van der Waals surface area (Å²) in [6, 6.07) is 26.8. The SMILES string of the molecule is CC(=O)Nc1c(F)cc(C(N)=O)cc1C=O.Nc1ncccc1-c1nc2ccc(-c3ccccc3)nc2n1-c1ccc2c(c1)CCC2. The number of carbonyl (C=O) groups excluding carboxylic acids is 3. The van der Waals surface area contributed by atoms with Gasteiger partial charge in [-0.05, 0) is 78.9 Å². The van der Waals surface area contributed by atoms with Gasteiger partial charge in [0.15, 0.2) is 17.8 Å². The van der Waals surface area contributed by atoms with Gasteiger partial charge in [0.25, 0.3) is 0 Å². The number of pyridine rings is 2. The molecular formula is C36H30FN7O3. The van der Waals surface area contributed by atoms with Crippen molar-refractivity contribution in [1.29, 1.82) is 0 Å². The van der Waals surface area contributed by atoms with E-state index in [0.717, 1.165) is 64.5 Å². The maximum Gasteiger partial charge on any atom is 0.248 e. The largest absolute Gasteiger partial charge is 0.383 e. The lowest BCUT2D eigenvalue weighted by molar-refractivity contribution is -0.114. The number of nitrogens with zero attached hydrogens (tertiary/aromatic N) is 4. The van der Waals surface area contributed by atoms with Crippen LogP contribution in [0.2, 0.25) is 0 Å². The molecule has 0 unspecified atom stereocenters. The molecule has 6 aromatic rings. The fourth-order valence-electron chi connectivity index (χ4n) is 5.63. The molecule has 7 rings (SSSR count). The predicted octanol–water partition coefficient (Wildman–Crippen LogP) is 5.92. The number of aryl methyl sites for hydroxylation is 2. The van der Waals surface area contributed by atoms with Gasteiger partial charge in [0, 0.05) is 35.5 Å². The zero-order chi connectivity index (χ0) is 33.1. The quantitative estimate of drug-likeness (QED) is 0.193. The van der Waals surface area contributed by atoms with E-state index < -0.39 is 17.6 Å². The van der Waals surface area contributed by atoms with E-state index in [-0.39, 0.29) is 16.8 Å². The first kappa shape index (κ1) is 30.8. The second-order valence-electron chi connectivity index (χ2n) is 11.0. The number of rotatable bonds is 6. The maximum atomic E-state index is 13.4. The number of halogens is 1. The predicted molar refractivity (Wildman–Crippen MR) is 179 cm³/mol. The van der Waals surface area contributed by atoms with E-state index >= 15 is 0 Å². The number of fused-ring (bicyclic) bond motifs is 2. The highest BCUT2D eigenvalue weighted by Gasteiger charge is 2.20. The van der Waals surface area contributed by atoms with E-state index in [9.17, 15) is 18.8 Å². The number of carbonyl (C=O) groups is 3. The molecule has 0 fully saturated rings. The summed E-state index contributed by atoms with van der Waals surface area (Å²) in [5.41, 5.74) is 19.0. The first-order valence-corrected chi connectivity index (χ1v) is 14.9. The van der Waals surface area contributed by atoms with E-state index in [0.29, 0.717) is 12.1 Å². The molecule has 10 nitrogen and oxygen atoms in total. The summed E-state index contributed by atoms with van der Waals surface area (Å²) in [4.78, 5) is 46.5. The highest BCUT2D eigenvalue weighted by atomic mass is 19.1. The molecule has 3 heterocycles. The zero-order valence-corrected chi connectivity index (χ0v) is 25.4. The average Bonchev–Trinajstić information content (AvgIpc) is 3.70. The minimum atomic E-state index is -0.881. The van der Waals surface area contributed by atoms with Crippen molar-refractivity contribution < 1.29 is 18.8 Å². The van der Waals surface area contributed by atoms with E-state index in [1.807, 2.05) is 42.5 Å². The molecule has 1 aliphatic carbocycles. The molecule has 0 radical (unpaired) electrons. The third-order valence-corrected chi connectivity index (χ3v) is 7.83.